The molecule has 1 atom stereocenters. The van der Waals surface area contributed by atoms with E-state index in [2.05, 4.69) is 15.2 Å². The third-order valence-corrected chi connectivity index (χ3v) is 3.75. The second kappa shape index (κ2) is 6.57. The molecule has 1 aromatic carbocycles. The summed E-state index contributed by atoms with van der Waals surface area (Å²) in [7, 11) is 1.68. The summed E-state index contributed by atoms with van der Waals surface area (Å²) in [5, 5.41) is 6.45. The number of carbonyl (C=O) groups is 1. The number of nitrogen functional groups attached to an aromatic ring is 1. The van der Waals surface area contributed by atoms with Gasteiger partial charge in [0.15, 0.2) is 0 Å². The molecular weight excluding hydrogens is 293 g/mol. The predicted molar refractivity (Wildman–Crippen MR) is 79.0 cm³/mol. The molecule has 0 aliphatic carbocycles. The second-order valence-corrected chi connectivity index (χ2v) is 5.90. The quantitative estimate of drug-likeness (QED) is 0.820. The first kappa shape index (κ1) is 15.3. The lowest BCUT2D eigenvalue weighted by atomic mass is 10.2. The first-order valence-corrected chi connectivity index (χ1v) is 7.17. The fourth-order valence-electron chi connectivity index (χ4n) is 1.82. The second-order valence-electron chi connectivity index (χ2n) is 4.59. The number of anilines is 1. The summed E-state index contributed by atoms with van der Waals surface area (Å²) < 4.78 is 13.1. The molecule has 0 unspecified atom stereocenters. The molecule has 112 valence electrons. The molecule has 8 heteroatoms. The van der Waals surface area contributed by atoms with Crippen LogP contribution >= 0.6 is 11.8 Å². The number of nitrogens with two attached hydrogens (primary N) is 1. The standard InChI is InChI=1S/C13H16FN5OS/c1-8(21-13-16-12(15)17-18-13)11(20)19(2)7-9-4-3-5-10(14)6-9/h3-6,8H,7H2,1-2H3,(H3,15,16,17,18)/t8-/m0/s1. The highest BCUT2D eigenvalue weighted by Gasteiger charge is 2.20. The Morgan fingerprint density at radius 1 is 1.57 bits per heavy atom. The van der Waals surface area contributed by atoms with Gasteiger partial charge in [0.05, 0.1) is 5.25 Å². The maximum Gasteiger partial charge on any atom is 0.235 e. The van der Waals surface area contributed by atoms with Gasteiger partial charge >= 0.3 is 0 Å². The lowest BCUT2D eigenvalue weighted by molar-refractivity contribution is -0.129. The Labute approximate surface area is 125 Å². The summed E-state index contributed by atoms with van der Waals surface area (Å²) >= 11 is 1.22. The number of nitrogens with one attached hydrogen (secondary N) is 1. The fourth-order valence-corrected chi connectivity index (χ4v) is 2.66. The van der Waals surface area contributed by atoms with Crippen molar-refractivity contribution in [2.75, 3.05) is 12.8 Å². The molecule has 0 fully saturated rings. The van der Waals surface area contributed by atoms with Crippen LogP contribution in [0.3, 0.4) is 0 Å². The zero-order chi connectivity index (χ0) is 15.4. The van der Waals surface area contributed by atoms with E-state index in [1.165, 1.54) is 23.9 Å². The summed E-state index contributed by atoms with van der Waals surface area (Å²) in [5.41, 5.74) is 6.17. The maximum atomic E-state index is 13.1. The van der Waals surface area contributed by atoms with Crippen molar-refractivity contribution in [1.29, 1.82) is 0 Å². The number of aromatic amines is 1. The number of amides is 1. The summed E-state index contributed by atoms with van der Waals surface area (Å²) in [6, 6.07) is 6.19. The van der Waals surface area contributed by atoms with Gasteiger partial charge in [0, 0.05) is 13.6 Å². The number of rotatable bonds is 5. The van der Waals surface area contributed by atoms with Crippen molar-refractivity contribution in [3.05, 3.63) is 35.6 Å². The minimum atomic E-state index is -0.362. The molecule has 0 spiro atoms. The first-order chi connectivity index (χ1) is 9.95. The molecule has 3 N–H and O–H groups in total. The van der Waals surface area contributed by atoms with Gasteiger partial charge in [-0.2, -0.15) is 4.98 Å². The number of hydrogen-bond donors (Lipinski definition) is 2. The average Bonchev–Trinajstić information content (AvgIpc) is 2.83. The van der Waals surface area contributed by atoms with Crippen LogP contribution < -0.4 is 5.73 Å². The number of benzene rings is 1. The zero-order valence-corrected chi connectivity index (χ0v) is 12.5. The van der Waals surface area contributed by atoms with Gasteiger partial charge in [-0.1, -0.05) is 23.9 Å². The van der Waals surface area contributed by atoms with Crippen LogP contribution in [0.1, 0.15) is 12.5 Å². The molecule has 6 nitrogen and oxygen atoms in total. The number of H-pyrrole nitrogens is 1. The van der Waals surface area contributed by atoms with Crippen LogP contribution in [0.2, 0.25) is 0 Å². The highest BCUT2D eigenvalue weighted by Crippen LogP contribution is 2.21. The molecule has 2 aromatic rings. The van der Waals surface area contributed by atoms with E-state index in [0.717, 1.165) is 5.56 Å². The van der Waals surface area contributed by atoms with Gasteiger partial charge in [-0.25, -0.2) is 9.49 Å². The molecule has 2 rings (SSSR count). The van der Waals surface area contributed by atoms with Gasteiger partial charge in [-0.3, -0.25) is 4.79 Å². The zero-order valence-electron chi connectivity index (χ0n) is 11.7. The molecule has 1 amide bonds. The summed E-state index contributed by atoms with van der Waals surface area (Å²) in [4.78, 5) is 17.7. The van der Waals surface area contributed by atoms with Crippen LogP contribution in [0.25, 0.3) is 0 Å². The molecule has 1 aromatic heterocycles. The van der Waals surface area contributed by atoms with E-state index in [-0.39, 0.29) is 22.9 Å². The highest BCUT2D eigenvalue weighted by atomic mass is 32.2. The molecule has 21 heavy (non-hydrogen) atoms. The topological polar surface area (TPSA) is 87.9 Å². The van der Waals surface area contributed by atoms with E-state index in [4.69, 9.17) is 5.73 Å². The third-order valence-electron chi connectivity index (χ3n) is 2.80. The molecule has 0 aliphatic rings. The fraction of sp³-hybridized carbons (Fsp3) is 0.308. The summed E-state index contributed by atoms with van der Waals surface area (Å²) in [5.74, 6) is -0.190. The van der Waals surface area contributed by atoms with Crippen LogP contribution in [0.5, 0.6) is 0 Å². The minimum absolute atomic E-state index is 0.0902. The average molecular weight is 309 g/mol. The van der Waals surface area contributed by atoms with Gasteiger partial charge in [0.1, 0.15) is 5.82 Å². The highest BCUT2D eigenvalue weighted by molar-refractivity contribution is 8.00. The van der Waals surface area contributed by atoms with Crippen molar-refractivity contribution in [2.24, 2.45) is 0 Å². The number of nitrogens with zero attached hydrogens (tertiary/aromatic N) is 3. The largest absolute Gasteiger partial charge is 0.368 e. The Balaban J connectivity index is 1.95. The third kappa shape index (κ3) is 4.19. The Hall–Kier alpha value is -2.09. The number of thioether (sulfide) groups is 1. The Kier molecular flexibility index (Phi) is 4.79. The van der Waals surface area contributed by atoms with E-state index in [1.807, 2.05) is 0 Å². The van der Waals surface area contributed by atoms with E-state index < -0.39 is 0 Å². The van der Waals surface area contributed by atoms with Crippen LogP contribution in [-0.2, 0) is 11.3 Å². The van der Waals surface area contributed by atoms with Crippen LogP contribution in [0.15, 0.2) is 29.4 Å². The SMILES string of the molecule is C[C@H](Sc1n[nH]c(N)n1)C(=O)N(C)Cc1cccc(F)c1. The van der Waals surface area contributed by atoms with Crippen molar-refractivity contribution in [1.82, 2.24) is 20.1 Å². The normalized spacial score (nSPS) is 12.1. The van der Waals surface area contributed by atoms with Crippen LogP contribution in [0, 0.1) is 5.82 Å². The first-order valence-electron chi connectivity index (χ1n) is 6.29. The molecule has 0 bridgehead atoms. The van der Waals surface area contributed by atoms with Gasteiger partial charge in [-0.05, 0) is 24.6 Å². The Morgan fingerprint density at radius 2 is 2.33 bits per heavy atom. The van der Waals surface area contributed by atoms with Crippen LogP contribution in [-0.4, -0.2) is 38.3 Å². The van der Waals surface area contributed by atoms with Gasteiger partial charge in [0.25, 0.3) is 0 Å². The molecule has 0 saturated heterocycles. The van der Waals surface area contributed by atoms with Gasteiger partial charge in [0.2, 0.25) is 17.0 Å². The van der Waals surface area contributed by atoms with Crippen molar-refractivity contribution < 1.29 is 9.18 Å². The Morgan fingerprint density at radius 3 is 2.95 bits per heavy atom. The smallest absolute Gasteiger partial charge is 0.235 e. The van der Waals surface area contributed by atoms with E-state index in [0.29, 0.717) is 11.7 Å². The van der Waals surface area contributed by atoms with Crippen molar-refractivity contribution >= 4 is 23.6 Å². The predicted octanol–water partition coefficient (Wildman–Crippen LogP) is 1.67. The van der Waals surface area contributed by atoms with Gasteiger partial charge < -0.3 is 10.6 Å². The van der Waals surface area contributed by atoms with E-state index in [9.17, 15) is 9.18 Å². The van der Waals surface area contributed by atoms with Crippen molar-refractivity contribution in [2.45, 2.75) is 23.9 Å². The van der Waals surface area contributed by atoms with Crippen molar-refractivity contribution in [3.63, 3.8) is 0 Å². The maximum absolute atomic E-state index is 13.1. The van der Waals surface area contributed by atoms with Crippen LogP contribution in [0.4, 0.5) is 10.3 Å². The number of aromatic nitrogens is 3. The van der Waals surface area contributed by atoms with E-state index >= 15 is 0 Å². The molecule has 0 radical (unpaired) electrons. The minimum Gasteiger partial charge on any atom is -0.368 e. The molecule has 0 aliphatic heterocycles. The molecule has 1 heterocycles. The molecule has 0 saturated carbocycles. The summed E-state index contributed by atoms with van der Waals surface area (Å²) in [6.07, 6.45) is 0. The Bertz CT molecular complexity index is 633. The number of halogens is 1. The van der Waals surface area contributed by atoms with Crippen molar-refractivity contribution in [3.8, 4) is 0 Å². The summed E-state index contributed by atoms with van der Waals surface area (Å²) in [6.45, 7) is 2.11. The monoisotopic (exact) mass is 309 g/mol. The van der Waals surface area contributed by atoms with E-state index in [1.54, 1.807) is 31.0 Å². The number of carbonyl (C=O) groups excluding carboxylic acids is 1. The van der Waals surface area contributed by atoms with Gasteiger partial charge in [-0.15, -0.1) is 5.10 Å². The lowest BCUT2D eigenvalue weighted by Gasteiger charge is -2.20. The lowest BCUT2D eigenvalue weighted by Crippen LogP contribution is -2.32. The molecular formula is C13H16FN5OS. The number of hydrogen-bond acceptors (Lipinski definition) is 5.